The van der Waals surface area contributed by atoms with Gasteiger partial charge in [0.25, 0.3) is 5.91 Å². The van der Waals surface area contributed by atoms with Crippen molar-refractivity contribution >= 4 is 29.7 Å². The molecule has 0 bridgehead atoms. The van der Waals surface area contributed by atoms with E-state index in [1.165, 1.54) is 0 Å². The molecule has 3 unspecified atom stereocenters. The minimum atomic E-state index is -0.0119. The highest BCUT2D eigenvalue weighted by Gasteiger charge is 2.39. The summed E-state index contributed by atoms with van der Waals surface area (Å²) in [6, 6.07) is 10.0. The smallest absolute Gasteiger partial charge is 0.257 e. The van der Waals surface area contributed by atoms with Gasteiger partial charge in [0.05, 0.1) is 4.91 Å². The lowest BCUT2D eigenvalue weighted by molar-refractivity contribution is -0.127. The molecule has 5 heteroatoms. The van der Waals surface area contributed by atoms with Crippen LogP contribution in [0.4, 0.5) is 0 Å². The van der Waals surface area contributed by atoms with E-state index in [4.69, 9.17) is 0 Å². The van der Waals surface area contributed by atoms with Crippen molar-refractivity contribution in [1.82, 2.24) is 10.6 Å². The zero-order valence-electron chi connectivity index (χ0n) is 14.7. The van der Waals surface area contributed by atoms with E-state index in [9.17, 15) is 9.59 Å². The molecule has 1 aliphatic heterocycles. The molecule has 25 heavy (non-hydrogen) atoms. The van der Waals surface area contributed by atoms with Crippen LogP contribution >= 0.6 is 11.8 Å². The number of unbranched alkanes of at least 4 members (excludes halogenated alkanes) is 1. The largest absolute Gasteiger partial charge is 0.356 e. The summed E-state index contributed by atoms with van der Waals surface area (Å²) in [4.78, 5) is 25.5. The lowest BCUT2D eigenvalue weighted by atomic mass is 9.84. The summed E-state index contributed by atoms with van der Waals surface area (Å²) in [5.74, 6) is 0.164. The van der Waals surface area contributed by atoms with Gasteiger partial charge in [0.2, 0.25) is 5.91 Å². The first-order chi connectivity index (χ1) is 12.2. The number of carbonyl (C=O) groups excluding carboxylic acids is 2. The lowest BCUT2D eigenvalue weighted by Gasteiger charge is -2.39. The molecule has 3 atom stereocenters. The summed E-state index contributed by atoms with van der Waals surface area (Å²) in [7, 11) is 0. The van der Waals surface area contributed by atoms with E-state index in [0.717, 1.165) is 49.1 Å². The molecule has 1 aromatic rings. The third-order valence-corrected chi connectivity index (χ3v) is 6.33. The number of benzene rings is 1. The summed E-state index contributed by atoms with van der Waals surface area (Å²) in [6.45, 7) is 2.87. The van der Waals surface area contributed by atoms with Gasteiger partial charge in [0.1, 0.15) is 0 Å². The van der Waals surface area contributed by atoms with Crippen LogP contribution in [0.1, 0.15) is 44.6 Å². The third-order valence-electron chi connectivity index (χ3n) is 4.90. The zero-order valence-corrected chi connectivity index (χ0v) is 15.5. The summed E-state index contributed by atoms with van der Waals surface area (Å²) in [5, 5.41) is 6.53. The van der Waals surface area contributed by atoms with Gasteiger partial charge in [-0.15, -0.1) is 11.8 Å². The monoisotopic (exact) mass is 358 g/mol. The number of rotatable bonds is 5. The minimum Gasteiger partial charge on any atom is -0.356 e. The van der Waals surface area contributed by atoms with Crippen LogP contribution in [0.2, 0.25) is 0 Å². The Morgan fingerprint density at radius 3 is 2.88 bits per heavy atom. The lowest BCUT2D eigenvalue weighted by Crippen LogP contribution is -2.51. The zero-order chi connectivity index (χ0) is 17.6. The third kappa shape index (κ3) is 4.66. The summed E-state index contributed by atoms with van der Waals surface area (Å²) in [5.41, 5.74) is 1.04. The minimum absolute atomic E-state index is 0.0119. The molecular weight excluding hydrogens is 332 g/mol. The second kappa shape index (κ2) is 8.56. The Bertz CT molecular complexity index is 644. The molecule has 0 radical (unpaired) electrons. The Kier molecular flexibility index (Phi) is 6.19. The maximum Gasteiger partial charge on any atom is 0.257 e. The molecule has 2 amide bonds. The van der Waals surface area contributed by atoms with Gasteiger partial charge in [-0.25, -0.2) is 0 Å². The van der Waals surface area contributed by atoms with Gasteiger partial charge in [-0.2, -0.15) is 0 Å². The van der Waals surface area contributed by atoms with Crippen LogP contribution in [-0.4, -0.2) is 29.7 Å². The predicted octanol–water partition coefficient (Wildman–Crippen LogP) is 3.34. The molecule has 1 heterocycles. The molecule has 1 saturated carbocycles. The van der Waals surface area contributed by atoms with E-state index in [1.54, 1.807) is 11.8 Å². The normalized spacial score (nSPS) is 27.5. The van der Waals surface area contributed by atoms with Gasteiger partial charge in [0.15, 0.2) is 0 Å². The number of carbonyl (C=O) groups is 2. The number of amides is 2. The Balaban J connectivity index is 1.59. The second-order valence-corrected chi connectivity index (χ2v) is 8.09. The van der Waals surface area contributed by atoms with E-state index in [-0.39, 0.29) is 23.8 Å². The molecule has 1 saturated heterocycles. The molecule has 2 N–H and O–H groups in total. The number of thioether (sulfide) groups is 1. The summed E-state index contributed by atoms with van der Waals surface area (Å²) < 4.78 is 0. The maximum absolute atomic E-state index is 12.4. The van der Waals surface area contributed by atoms with E-state index in [2.05, 4.69) is 17.6 Å². The van der Waals surface area contributed by atoms with Gasteiger partial charge in [-0.05, 0) is 37.3 Å². The first-order valence-corrected chi connectivity index (χ1v) is 10.1. The summed E-state index contributed by atoms with van der Waals surface area (Å²) in [6.07, 6.45) is 6.68. The molecule has 0 aromatic heterocycles. The molecule has 2 aliphatic rings. The fraction of sp³-hybridized carbons (Fsp3) is 0.500. The molecule has 134 valence electrons. The highest BCUT2D eigenvalue weighted by atomic mass is 32.2. The molecule has 0 spiro atoms. The SMILES string of the molecule is CCCCNC(=O)C1CCC2S/C(=C\c3ccccc3)C(=O)NC2C1. The van der Waals surface area contributed by atoms with E-state index in [0.29, 0.717) is 5.25 Å². The second-order valence-electron chi connectivity index (χ2n) is 6.81. The molecule has 2 fully saturated rings. The Morgan fingerprint density at radius 1 is 1.32 bits per heavy atom. The molecular formula is C20H26N2O2S. The highest BCUT2D eigenvalue weighted by Crippen LogP contribution is 2.39. The van der Waals surface area contributed by atoms with Crippen molar-refractivity contribution in [3.8, 4) is 0 Å². The fourth-order valence-corrected chi connectivity index (χ4v) is 4.76. The van der Waals surface area contributed by atoms with Crippen LogP contribution in [0.5, 0.6) is 0 Å². The fourth-order valence-electron chi connectivity index (χ4n) is 3.46. The van der Waals surface area contributed by atoms with Crippen molar-refractivity contribution in [2.75, 3.05) is 6.54 Å². The number of nitrogens with one attached hydrogen (secondary N) is 2. The van der Waals surface area contributed by atoms with Crippen LogP contribution in [0.3, 0.4) is 0 Å². The van der Waals surface area contributed by atoms with Gasteiger partial charge in [-0.3, -0.25) is 9.59 Å². The van der Waals surface area contributed by atoms with E-state index >= 15 is 0 Å². The van der Waals surface area contributed by atoms with Crippen molar-refractivity contribution < 1.29 is 9.59 Å². The highest BCUT2D eigenvalue weighted by molar-refractivity contribution is 8.04. The van der Waals surface area contributed by atoms with E-state index in [1.807, 2.05) is 36.4 Å². The van der Waals surface area contributed by atoms with Gasteiger partial charge in [-0.1, -0.05) is 43.7 Å². The molecule has 1 aliphatic carbocycles. The number of hydrogen-bond acceptors (Lipinski definition) is 3. The Labute approximate surface area is 153 Å². The topological polar surface area (TPSA) is 58.2 Å². The van der Waals surface area contributed by atoms with Gasteiger partial charge in [0, 0.05) is 23.8 Å². The van der Waals surface area contributed by atoms with Crippen molar-refractivity contribution in [1.29, 1.82) is 0 Å². The number of hydrogen-bond donors (Lipinski definition) is 2. The van der Waals surface area contributed by atoms with Gasteiger partial charge >= 0.3 is 0 Å². The van der Waals surface area contributed by atoms with Crippen LogP contribution in [-0.2, 0) is 9.59 Å². The standard InChI is InChI=1S/C20H26N2O2S/c1-2-3-11-21-19(23)15-9-10-17-16(13-15)22-20(24)18(25-17)12-14-7-5-4-6-8-14/h4-8,12,15-17H,2-3,9-11,13H2,1H3,(H,21,23)(H,22,24)/b18-12-. The molecule has 3 rings (SSSR count). The van der Waals surface area contributed by atoms with Crippen molar-refractivity contribution in [2.24, 2.45) is 5.92 Å². The Morgan fingerprint density at radius 2 is 2.12 bits per heavy atom. The van der Waals surface area contributed by atoms with Crippen LogP contribution in [0, 0.1) is 5.92 Å². The quantitative estimate of drug-likeness (QED) is 0.627. The average molecular weight is 359 g/mol. The maximum atomic E-state index is 12.4. The van der Waals surface area contributed by atoms with Gasteiger partial charge < -0.3 is 10.6 Å². The van der Waals surface area contributed by atoms with E-state index < -0.39 is 0 Å². The van der Waals surface area contributed by atoms with Crippen LogP contribution in [0.25, 0.3) is 6.08 Å². The predicted molar refractivity (Wildman–Crippen MR) is 103 cm³/mol. The number of fused-ring (bicyclic) bond motifs is 1. The van der Waals surface area contributed by atoms with Crippen LogP contribution in [0.15, 0.2) is 35.2 Å². The van der Waals surface area contributed by atoms with Crippen molar-refractivity contribution in [3.63, 3.8) is 0 Å². The summed E-state index contributed by atoms with van der Waals surface area (Å²) >= 11 is 1.67. The first kappa shape index (κ1) is 18.1. The Hall–Kier alpha value is -1.75. The average Bonchev–Trinajstić information content (AvgIpc) is 2.63. The molecule has 4 nitrogen and oxygen atoms in total. The van der Waals surface area contributed by atoms with Crippen LogP contribution < -0.4 is 10.6 Å². The molecule has 1 aromatic carbocycles. The van der Waals surface area contributed by atoms with Crippen molar-refractivity contribution in [2.45, 2.75) is 50.3 Å². The van der Waals surface area contributed by atoms with Crippen molar-refractivity contribution in [3.05, 3.63) is 40.8 Å². The first-order valence-electron chi connectivity index (χ1n) is 9.19.